The molecule has 1 aromatic heterocycles. The van der Waals surface area contributed by atoms with Gasteiger partial charge >= 0.3 is 0 Å². The van der Waals surface area contributed by atoms with Crippen LogP contribution in [0.4, 0.5) is 0 Å². The summed E-state index contributed by atoms with van der Waals surface area (Å²) in [6.45, 7) is 5.88. The zero-order valence-corrected chi connectivity index (χ0v) is 8.45. The topological polar surface area (TPSA) is 12.0 Å². The predicted octanol–water partition coefficient (Wildman–Crippen LogP) is 2.89. The van der Waals surface area contributed by atoms with Crippen molar-refractivity contribution in [1.82, 2.24) is 5.32 Å². The van der Waals surface area contributed by atoms with Crippen molar-refractivity contribution >= 4 is 11.3 Å². The van der Waals surface area contributed by atoms with E-state index in [4.69, 9.17) is 0 Å². The van der Waals surface area contributed by atoms with Crippen molar-refractivity contribution in [1.29, 1.82) is 0 Å². The molecule has 0 aliphatic rings. The Kier molecular flexibility index (Phi) is 3.50. The average Bonchev–Trinajstić information content (AvgIpc) is 2.47. The van der Waals surface area contributed by atoms with Gasteiger partial charge in [0.2, 0.25) is 0 Å². The highest BCUT2D eigenvalue weighted by Gasteiger charge is 2.08. The van der Waals surface area contributed by atoms with Crippen LogP contribution in [0.1, 0.15) is 22.2 Å². The average molecular weight is 181 g/mol. The lowest BCUT2D eigenvalue weighted by Gasteiger charge is -2.10. The van der Waals surface area contributed by atoms with Gasteiger partial charge in [0, 0.05) is 15.8 Å². The molecule has 0 fully saturated rings. The molecular formula is C10H15NS. The first kappa shape index (κ1) is 9.49. The third-order valence-corrected chi connectivity index (χ3v) is 2.97. The SMILES string of the molecule is C=CCC(NC)c1ccc(C)s1. The summed E-state index contributed by atoms with van der Waals surface area (Å²) in [5.74, 6) is 0. The van der Waals surface area contributed by atoms with Crippen molar-refractivity contribution in [3.05, 3.63) is 34.5 Å². The maximum Gasteiger partial charge on any atom is 0.0447 e. The van der Waals surface area contributed by atoms with Crippen molar-refractivity contribution in [2.45, 2.75) is 19.4 Å². The van der Waals surface area contributed by atoms with Gasteiger partial charge in [0.15, 0.2) is 0 Å². The molecule has 1 N–H and O–H groups in total. The lowest BCUT2D eigenvalue weighted by atomic mass is 10.2. The molecule has 1 nitrogen and oxygen atoms in total. The minimum Gasteiger partial charge on any atom is -0.312 e. The van der Waals surface area contributed by atoms with Crippen LogP contribution >= 0.6 is 11.3 Å². The molecule has 1 heterocycles. The van der Waals surface area contributed by atoms with Crippen LogP contribution in [0.15, 0.2) is 24.8 Å². The fourth-order valence-corrected chi connectivity index (χ4v) is 2.18. The normalized spacial score (nSPS) is 12.8. The Morgan fingerprint density at radius 3 is 2.83 bits per heavy atom. The Bertz CT molecular complexity index is 252. The quantitative estimate of drug-likeness (QED) is 0.704. The van der Waals surface area contributed by atoms with Crippen molar-refractivity contribution in [2.75, 3.05) is 7.05 Å². The summed E-state index contributed by atoms with van der Waals surface area (Å²) in [6, 6.07) is 4.79. The molecule has 0 saturated carbocycles. The first-order chi connectivity index (χ1) is 5.77. The highest BCUT2D eigenvalue weighted by atomic mass is 32.1. The molecule has 0 aliphatic heterocycles. The van der Waals surface area contributed by atoms with E-state index < -0.39 is 0 Å². The molecule has 1 unspecified atom stereocenters. The summed E-state index contributed by atoms with van der Waals surface area (Å²) in [6.07, 6.45) is 2.95. The van der Waals surface area contributed by atoms with Gasteiger partial charge in [0.05, 0.1) is 0 Å². The minimum atomic E-state index is 0.446. The van der Waals surface area contributed by atoms with Crippen LogP contribution in [0.5, 0.6) is 0 Å². The van der Waals surface area contributed by atoms with Gasteiger partial charge in [-0.1, -0.05) is 6.08 Å². The number of hydrogen-bond donors (Lipinski definition) is 1. The molecule has 2 heteroatoms. The molecule has 0 saturated heterocycles. The number of aryl methyl sites for hydroxylation is 1. The second-order valence-corrected chi connectivity index (χ2v) is 4.13. The van der Waals surface area contributed by atoms with E-state index in [9.17, 15) is 0 Å². The van der Waals surface area contributed by atoms with Crippen LogP contribution in [0.2, 0.25) is 0 Å². The van der Waals surface area contributed by atoms with E-state index in [0.29, 0.717) is 6.04 Å². The highest BCUT2D eigenvalue weighted by Crippen LogP contribution is 2.24. The maximum absolute atomic E-state index is 3.75. The molecule has 1 atom stereocenters. The second kappa shape index (κ2) is 4.43. The Labute approximate surface area is 78.1 Å². The molecule has 0 amide bonds. The molecule has 66 valence electrons. The third kappa shape index (κ3) is 2.19. The zero-order chi connectivity index (χ0) is 8.97. The van der Waals surface area contributed by atoms with Crippen LogP contribution in [-0.2, 0) is 0 Å². The zero-order valence-electron chi connectivity index (χ0n) is 7.63. The lowest BCUT2D eigenvalue weighted by Crippen LogP contribution is -2.13. The molecule has 1 rings (SSSR count). The molecule has 0 aromatic carbocycles. The molecule has 0 spiro atoms. The van der Waals surface area contributed by atoms with Gasteiger partial charge in [-0.25, -0.2) is 0 Å². The summed E-state index contributed by atoms with van der Waals surface area (Å²) in [5, 5.41) is 3.27. The molecule has 0 bridgehead atoms. The van der Waals surface area contributed by atoms with Crippen molar-refractivity contribution in [2.24, 2.45) is 0 Å². The van der Waals surface area contributed by atoms with Gasteiger partial charge in [-0.2, -0.15) is 0 Å². The Morgan fingerprint density at radius 2 is 2.42 bits per heavy atom. The van der Waals surface area contributed by atoms with E-state index in [-0.39, 0.29) is 0 Å². The van der Waals surface area contributed by atoms with Crippen molar-refractivity contribution in [3.8, 4) is 0 Å². The van der Waals surface area contributed by atoms with E-state index in [0.717, 1.165) is 6.42 Å². The first-order valence-corrected chi connectivity index (χ1v) is 4.94. The summed E-state index contributed by atoms with van der Waals surface area (Å²) in [4.78, 5) is 2.77. The van der Waals surface area contributed by atoms with Crippen LogP contribution in [-0.4, -0.2) is 7.05 Å². The molecule has 0 radical (unpaired) electrons. The minimum absolute atomic E-state index is 0.446. The van der Waals surface area contributed by atoms with E-state index in [1.54, 1.807) is 0 Å². The lowest BCUT2D eigenvalue weighted by molar-refractivity contribution is 0.614. The predicted molar refractivity (Wildman–Crippen MR) is 55.7 cm³/mol. The fourth-order valence-electron chi connectivity index (χ4n) is 1.18. The fraction of sp³-hybridized carbons (Fsp3) is 0.400. The second-order valence-electron chi connectivity index (χ2n) is 2.81. The number of thiophene rings is 1. The van der Waals surface area contributed by atoms with Crippen LogP contribution in [0.3, 0.4) is 0 Å². The third-order valence-electron chi connectivity index (χ3n) is 1.86. The number of rotatable bonds is 4. The van der Waals surface area contributed by atoms with E-state index in [1.807, 2.05) is 24.5 Å². The van der Waals surface area contributed by atoms with Gasteiger partial charge in [-0.3, -0.25) is 0 Å². The maximum atomic E-state index is 3.75. The van der Waals surface area contributed by atoms with Gasteiger partial charge < -0.3 is 5.32 Å². The summed E-state index contributed by atoms with van der Waals surface area (Å²) < 4.78 is 0. The standard InChI is InChI=1S/C10H15NS/c1-4-5-9(11-3)10-7-6-8(2)12-10/h4,6-7,9,11H,1,5H2,2-3H3. The van der Waals surface area contributed by atoms with Crippen LogP contribution < -0.4 is 5.32 Å². The summed E-state index contributed by atoms with van der Waals surface area (Å²) in [5.41, 5.74) is 0. The van der Waals surface area contributed by atoms with Crippen LogP contribution in [0.25, 0.3) is 0 Å². The van der Waals surface area contributed by atoms with Crippen molar-refractivity contribution in [3.63, 3.8) is 0 Å². The molecule has 0 aliphatic carbocycles. The Morgan fingerprint density at radius 1 is 1.67 bits per heavy atom. The first-order valence-electron chi connectivity index (χ1n) is 4.12. The van der Waals surface area contributed by atoms with Gasteiger partial charge in [0.1, 0.15) is 0 Å². The number of hydrogen-bond acceptors (Lipinski definition) is 2. The Balaban J connectivity index is 2.72. The van der Waals surface area contributed by atoms with E-state index >= 15 is 0 Å². The highest BCUT2D eigenvalue weighted by molar-refractivity contribution is 7.12. The number of nitrogens with one attached hydrogen (secondary N) is 1. The van der Waals surface area contributed by atoms with E-state index in [1.165, 1.54) is 9.75 Å². The summed E-state index contributed by atoms with van der Waals surface area (Å²) in [7, 11) is 1.99. The smallest absolute Gasteiger partial charge is 0.0447 e. The van der Waals surface area contributed by atoms with Gasteiger partial charge in [-0.05, 0) is 32.5 Å². The van der Waals surface area contributed by atoms with Gasteiger partial charge in [0.25, 0.3) is 0 Å². The van der Waals surface area contributed by atoms with Crippen molar-refractivity contribution < 1.29 is 0 Å². The molecule has 1 aromatic rings. The monoisotopic (exact) mass is 181 g/mol. The molecular weight excluding hydrogens is 166 g/mol. The summed E-state index contributed by atoms with van der Waals surface area (Å²) >= 11 is 1.85. The van der Waals surface area contributed by atoms with Crippen LogP contribution in [0, 0.1) is 6.92 Å². The Hall–Kier alpha value is -0.600. The van der Waals surface area contributed by atoms with E-state index in [2.05, 4.69) is 31.0 Å². The van der Waals surface area contributed by atoms with Gasteiger partial charge in [-0.15, -0.1) is 17.9 Å². The molecule has 12 heavy (non-hydrogen) atoms. The largest absolute Gasteiger partial charge is 0.312 e.